The summed E-state index contributed by atoms with van der Waals surface area (Å²) in [5.74, 6) is -4.01. The Kier molecular flexibility index (Phi) is 5.37. The van der Waals surface area contributed by atoms with Gasteiger partial charge in [0.05, 0.1) is 5.56 Å². The molecule has 0 saturated heterocycles. The topological polar surface area (TPSA) is 72.2 Å². The van der Waals surface area contributed by atoms with Gasteiger partial charge in [-0.05, 0) is 32.4 Å². The number of benzene rings is 1. The molecule has 0 aliphatic rings. The quantitative estimate of drug-likeness (QED) is 0.810. The van der Waals surface area contributed by atoms with Gasteiger partial charge in [0.15, 0.2) is 11.6 Å². The van der Waals surface area contributed by atoms with Crippen molar-refractivity contribution in [1.82, 2.24) is 5.32 Å². The molecule has 1 rings (SSSR count). The lowest BCUT2D eigenvalue weighted by atomic mass is 10.1. The molecule has 4 nitrogen and oxygen atoms in total. The van der Waals surface area contributed by atoms with Crippen LogP contribution in [-0.2, 0) is 4.79 Å². The summed E-state index contributed by atoms with van der Waals surface area (Å²) in [7, 11) is 0. The van der Waals surface area contributed by atoms with Gasteiger partial charge < -0.3 is 11.1 Å². The van der Waals surface area contributed by atoms with Gasteiger partial charge in [0.1, 0.15) is 6.04 Å². The zero-order chi connectivity index (χ0) is 15.3. The van der Waals surface area contributed by atoms with Crippen LogP contribution in [0.5, 0.6) is 0 Å². The minimum absolute atomic E-state index is 0.195. The van der Waals surface area contributed by atoms with Crippen LogP contribution < -0.4 is 11.1 Å². The lowest BCUT2D eigenvalue weighted by Gasteiger charge is -2.14. The van der Waals surface area contributed by atoms with Crippen molar-refractivity contribution in [1.29, 1.82) is 0 Å². The SMILES string of the molecule is CC(C)=CC[C@H](NC(=O)c1cccc(F)c1F)C(N)=O. The molecule has 0 heterocycles. The zero-order valence-electron chi connectivity index (χ0n) is 11.2. The molecule has 0 aliphatic carbocycles. The number of carbonyl (C=O) groups excluding carboxylic acids is 2. The van der Waals surface area contributed by atoms with Gasteiger partial charge >= 0.3 is 0 Å². The van der Waals surface area contributed by atoms with Crippen LogP contribution in [0.1, 0.15) is 30.6 Å². The summed E-state index contributed by atoms with van der Waals surface area (Å²) in [4.78, 5) is 23.1. The molecule has 1 atom stereocenters. The average Bonchev–Trinajstić information content (AvgIpc) is 2.36. The molecule has 0 radical (unpaired) electrons. The first-order chi connectivity index (χ1) is 9.32. The first kappa shape index (κ1) is 15.8. The van der Waals surface area contributed by atoms with Crippen molar-refractivity contribution in [3.8, 4) is 0 Å². The maximum Gasteiger partial charge on any atom is 0.255 e. The van der Waals surface area contributed by atoms with Gasteiger partial charge in [-0.3, -0.25) is 9.59 Å². The summed E-state index contributed by atoms with van der Waals surface area (Å²) in [6.07, 6.45) is 1.91. The number of primary amides is 1. The van der Waals surface area contributed by atoms with Gasteiger partial charge in [0.25, 0.3) is 5.91 Å². The predicted octanol–water partition coefficient (Wildman–Crippen LogP) is 1.90. The second-order valence-corrected chi connectivity index (χ2v) is 4.55. The van der Waals surface area contributed by atoms with Gasteiger partial charge in [-0.1, -0.05) is 17.7 Å². The van der Waals surface area contributed by atoms with Crippen LogP contribution >= 0.6 is 0 Å². The van der Waals surface area contributed by atoms with Crippen LogP contribution in [0.2, 0.25) is 0 Å². The third-order valence-corrected chi connectivity index (χ3v) is 2.61. The second kappa shape index (κ2) is 6.79. The van der Waals surface area contributed by atoms with E-state index in [2.05, 4.69) is 5.32 Å². The Bertz CT molecular complexity index is 552. The largest absolute Gasteiger partial charge is 0.368 e. The molecule has 20 heavy (non-hydrogen) atoms. The second-order valence-electron chi connectivity index (χ2n) is 4.55. The highest BCUT2D eigenvalue weighted by molar-refractivity contribution is 5.97. The monoisotopic (exact) mass is 282 g/mol. The normalized spacial score (nSPS) is 11.6. The molecule has 1 aromatic rings. The van der Waals surface area contributed by atoms with Crippen molar-refractivity contribution in [3.63, 3.8) is 0 Å². The van der Waals surface area contributed by atoms with Crippen LogP contribution in [0, 0.1) is 11.6 Å². The minimum Gasteiger partial charge on any atom is -0.368 e. The number of allylic oxidation sites excluding steroid dienone is 1. The van der Waals surface area contributed by atoms with Gasteiger partial charge in [-0.25, -0.2) is 8.78 Å². The highest BCUT2D eigenvalue weighted by Crippen LogP contribution is 2.11. The number of carbonyl (C=O) groups is 2. The van der Waals surface area contributed by atoms with Crippen LogP contribution in [0.25, 0.3) is 0 Å². The predicted molar refractivity (Wildman–Crippen MR) is 70.9 cm³/mol. The maximum absolute atomic E-state index is 13.5. The molecule has 0 saturated carbocycles. The van der Waals surface area contributed by atoms with Crippen molar-refractivity contribution in [2.24, 2.45) is 5.73 Å². The molecule has 0 fully saturated rings. The highest BCUT2D eigenvalue weighted by atomic mass is 19.2. The molecule has 108 valence electrons. The fourth-order valence-corrected chi connectivity index (χ4v) is 1.51. The van der Waals surface area contributed by atoms with Gasteiger partial charge in [-0.15, -0.1) is 0 Å². The van der Waals surface area contributed by atoms with E-state index in [0.717, 1.165) is 17.7 Å². The van der Waals surface area contributed by atoms with E-state index in [1.807, 2.05) is 13.8 Å². The van der Waals surface area contributed by atoms with Crippen molar-refractivity contribution >= 4 is 11.8 Å². The number of hydrogen-bond acceptors (Lipinski definition) is 2. The Morgan fingerprint density at radius 2 is 2.00 bits per heavy atom. The molecule has 0 aliphatic heterocycles. The Hall–Kier alpha value is -2.24. The third-order valence-electron chi connectivity index (χ3n) is 2.61. The standard InChI is InChI=1S/C14H16F2N2O2/c1-8(2)6-7-11(13(17)19)18-14(20)9-4-3-5-10(15)12(9)16/h3-6,11H,7H2,1-2H3,(H2,17,19)(H,18,20)/t11-/m0/s1. The van der Waals surface area contributed by atoms with E-state index in [1.54, 1.807) is 6.08 Å². The van der Waals surface area contributed by atoms with Gasteiger partial charge in [-0.2, -0.15) is 0 Å². The highest BCUT2D eigenvalue weighted by Gasteiger charge is 2.21. The third kappa shape index (κ3) is 4.15. The Morgan fingerprint density at radius 3 is 2.55 bits per heavy atom. The number of rotatable bonds is 5. The van der Waals surface area contributed by atoms with E-state index in [1.165, 1.54) is 6.07 Å². The number of nitrogens with one attached hydrogen (secondary N) is 1. The van der Waals surface area contributed by atoms with Gasteiger partial charge in [0.2, 0.25) is 5.91 Å². The van der Waals surface area contributed by atoms with Crippen LogP contribution in [0.4, 0.5) is 8.78 Å². The first-order valence-electron chi connectivity index (χ1n) is 6.00. The summed E-state index contributed by atoms with van der Waals surface area (Å²) in [6, 6.07) is 2.27. The van der Waals surface area contributed by atoms with Crippen LogP contribution in [-0.4, -0.2) is 17.9 Å². The summed E-state index contributed by atoms with van der Waals surface area (Å²) < 4.78 is 26.5. The molecule has 0 aromatic heterocycles. The van der Waals surface area contributed by atoms with Crippen LogP contribution in [0.15, 0.2) is 29.8 Å². The zero-order valence-corrected chi connectivity index (χ0v) is 11.2. The maximum atomic E-state index is 13.5. The van der Waals surface area contributed by atoms with E-state index in [4.69, 9.17) is 5.73 Å². The van der Waals surface area contributed by atoms with E-state index in [0.29, 0.717) is 0 Å². The van der Waals surface area contributed by atoms with E-state index < -0.39 is 35.1 Å². The molecular weight excluding hydrogens is 266 g/mol. The lowest BCUT2D eigenvalue weighted by Crippen LogP contribution is -2.44. The molecule has 1 aromatic carbocycles. The Labute approximate surface area is 115 Å². The fourth-order valence-electron chi connectivity index (χ4n) is 1.51. The van der Waals surface area contributed by atoms with Crippen molar-refractivity contribution in [3.05, 3.63) is 47.0 Å². The van der Waals surface area contributed by atoms with E-state index in [-0.39, 0.29) is 6.42 Å². The molecule has 2 amide bonds. The Morgan fingerprint density at radius 1 is 1.35 bits per heavy atom. The summed E-state index contributed by atoms with van der Waals surface area (Å²) in [5.41, 5.74) is 5.65. The van der Waals surface area contributed by atoms with Crippen LogP contribution in [0.3, 0.4) is 0 Å². The molecule has 0 bridgehead atoms. The van der Waals surface area contributed by atoms with Gasteiger partial charge in [0, 0.05) is 0 Å². The minimum atomic E-state index is -1.25. The lowest BCUT2D eigenvalue weighted by molar-refractivity contribution is -0.119. The fraction of sp³-hybridized carbons (Fsp3) is 0.286. The summed E-state index contributed by atoms with van der Waals surface area (Å²) in [5, 5.41) is 2.29. The number of halogens is 2. The van der Waals surface area contributed by atoms with E-state index in [9.17, 15) is 18.4 Å². The molecule has 6 heteroatoms. The Balaban J connectivity index is 2.88. The molecule has 0 spiro atoms. The van der Waals surface area contributed by atoms with Crippen molar-refractivity contribution in [2.75, 3.05) is 0 Å². The number of nitrogens with two attached hydrogens (primary N) is 1. The molecular formula is C14H16F2N2O2. The summed E-state index contributed by atoms with van der Waals surface area (Å²) >= 11 is 0. The average molecular weight is 282 g/mol. The smallest absolute Gasteiger partial charge is 0.255 e. The van der Waals surface area contributed by atoms with Crippen molar-refractivity contribution in [2.45, 2.75) is 26.3 Å². The summed E-state index contributed by atoms with van der Waals surface area (Å²) in [6.45, 7) is 3.65. The number of hydrogen-bond donors (Lipinski definition) is 2. The first-order valence-corrected chi connectivity index (χ1v) is 6.00. The van der Waals surface area contributed by atoms with E-state index >= 15 is 0 Å². The molecule has 3 N–H and O–H groups in total. The molecule has 0 unspecified atom stereocenters. The number of amides is 2. The van der Waals surface area contributed by atoms with Crippen molar-refractivity contribution < 1.29 is 18.4 Å².